The van der Waals surface area contributed by atoms with Crippen molar-refractivity contribution < 1.29 is 9.53 Å². The zero-order valence-corrected chi connectivity index (χ0v) is 6.49. The second-order valence-corrected chi connectivity index (χ2v) is 2.83. The van der Waals surface area contributed by atoms with E-state index >= 15 is 0 Å². The van der Waals surface area contributed by atoms with Crippen LogP contribution in [0.3, 0.4) is 0 Å². The fraction of sp³-hybridized carbons (Fsp3) is 0.222. The maximum atomic E-state index is 10.5. The van der Waals surface area contributed by atoms with Gasteiger partial charge in [-0.15, -0.1) is 0 Å². The first-order valence-electron chi connectivity index (χ1n) is 3.76. The van der Waals surface area contributed by atoms with E-state index in [9.17, 15) is 4.79 Å². The lowest BCUT2D eigenvalue weighted by Crippen LogP contribution is -1.97. The van der Waals surface area contributed by atoms with Gasteiger partial charge in [0.2, 0.25) is 0 Å². The van der Waals surface area contributed by atoms with E-state index in [1.165, 1.54) is 0 Å². The first kappa shape index (κ1) is 7.31. The number of nitrogens with two attached hydrogens (primary N) is 1. The molecule has 2 N–H and O–H groups in total. The van der Waals surface area contributed by atoms with Gasteiger partial charge in [-0.3, -0.25) is 0 Å². The monoisotopic (exact) mass is 163 g/mol. The Morgan fingerprint density at radius 2 is 2.42 bits per heavy atom. The molecule has 0 bridgehead atoms. The molecule has 12 heavy (non-hydrogen) atoms. The Bertz CT molecular complexity index is 322. The molecule has 0 spiro atoms. The summed E-state index contributed by atoms with van der Waals surface area (Å²) in [6, 6.07) is 5.50. The van der Waals surface area contributed by atoms with E-state index in [0.717, 1.165) is 17.4 Å². The van der Waals surface area contributed by atoms with Crippen LogP contribution in [-0.2, 0) is 16.1 Å². The molecule has 1 aliphatic rings. The van der Waals surface area contributed by atoms with Crippen molar-refractivity contribution in [3.8, 4) is 0 Å². The number of rotatable bonds is 1. The van der Waals surface area contributed by atoms with Gasteiger partial charge in [0.15, 0.2) is 6.29 Å². The van der Waals surface area contributed by atoms with Crippen LogP contribution in [0, 0.1) is 0 Å². The first-order valence-corrected chi connectivity index (χ1v) is 3.76. The second-order valence-electron chi connectivity index (χ2n) is 2.83. The summed E-state index contributed by atoms with van der Waals surface area (Å²) in [5, 5.41) is 0. The zero-order valence-electron chi connectivity index (χ0n) is 6.49. The molecule has 1 atom stereocenters. The Hall–Kier alpha value is -1.35. The SMILES string of the molecule is Nc1ccc2c(c1)C(C=O)OC2. The number of hydrogen-bond donors (Lipinski definition) is 1. The molecule has 0 fully saturated rings. The highest BCUT2D eigenvalue weighted by atomic mass is 16.5. The number of carbonyl (C=O) groups excluding carboxylic acids is 1. The van der Waals surface area contributed by atoms with Gasteiger partial charge >= 0.3 is 0 Å². The minimum atomic E-state index is -0.413. The third-order valence-corrected chi connectivity index (χ3v) is 2.02. The normalized spacial score (nSPS) is 20.5. The Labute approximate surface area is 70.1 Å². The Morgan fingerprint density at radius 1 is 1.58 bits per heavy atom. The summed E-state index contributed by atoms with van der Waals surface area (Å²) in [6.45, 7) is 0.513. The summed E-state index contributed by atoms with van der Waals surface area (Å²) in [5.74, 6) is 0. The topological polar surface area (TPSA) is 52.3 Å². The fourth-order valence-corrected chi connectivity index (χ4v) is 1.39. The van der Waals surface area contributed by atoms with Crippen LogP contribution < -0.4 is 5.73 Å². The molecule has 0 amide bonds. The molecule has 1 heterocycles. The van der Waals surface area contributed by atoms with Gasteiger partial charge < -0.3 is 15.3 Å². The molecule has 62 valence electrons. The molecule has 3 heteroatoms. The molecule has 0 aromatic heterocycles. The first-order chi connectivity index (χ1) is 5.81. The summed E-state index contributed by atoms with van der Waals surface area (Å²) in [4.78, 5) is 10.5. The van der Waals surface area contributed by atoms with Crippen LogP contribution in [0.1, 0.15) is 17.2 Å². The van der Waals surface area contributed by atoms with E-state index in [-0.39, 0.29) is 0 Å². The molecule has 3 nitrogen and oxygen atoms in total. The van der Waals surface area contributed by atoms with Crippen molar-refractivity contribution >= 4 is 12.0 Å². The molecular formula is C9H9NO2. The fourth-order valence-electron chi connectivity index (χ4n) is 1.39. The second kappa shape index (κ2) is 2.60. The molecule has 1 aliphatic heterocycles. The van der Waals surface area contributed by atoms with E-state index in [4.69, 9.17) is 10.5 Å². The van der Waals surface area contributed by atoms with Gasteiger partial charge in [-0.25, -0.2) is 0 Å². The van der Waals surface area contributed by atoms with Gasteiger partial charge in [0.1, 0.15) is 6.10 Å². The third kappa shape index (κ3) is 0.987. The van der Waals surface area contributed by atoms with Crippen molar-refractivity contribution in [2.45, 2.75) is 12.7 Å². The van der Waals surface area contributed by atoms with E-state index in [2.05, 4.69) is 0 Å². The van der Waals surface area contributed by atoms with Crippen molar-refractivity contribution in [3.63, 3.8) is 0 Å². The van der Waals surface area contributed by atoms with Gasteiger partial charge in [-0.1, -0.05) is 6.07 Å². The van der Waals surface area contributed by atoms with Crippen molar-refractivity contribution in [1.29, 1.82) is 0 Å². The van der Waals surface area contributed by atoms with Gasteiger partial charge in [0, 0.05) is 5.69 Å². The molecule has 0 saturated carbocycles. The maximum absolute atomic E-state index is 10.5. The number of aldehydes is 1. The number of carbonyl (C=O) groups is 1. The summed E-state index contributed by atoms with van der Waals surface area (Å²) in [5.41, 5.74) is 8.21. The molecule has 0 saturated heterocycles. The van der Waals surface area contributed by atoms with Crippen molar-refractivity contribution in [2.75, 3.05) is 5.73 Å². The van der Waals surface area contributed by atoms with Crippen molar-refractivity contribution in [1.82, 2.24) is 0 Å². The molecule has 1 aromatic rings. The van der Waals surface area contributed by atoms with E-state index in [1.807, 2.05) is 12.1 Å². The van der Waals surface area contributed by atoms with Crippen molar-refractivity contribution in [2.24, 2.45) is 0 Å². The van der Waals surface area contributed by atoms with Crippen LogP contribution in [-0.4, -0.2) is 6.29 Å². The molecule has 1 unspecified atom stereocenters. The average Bonchev–Trinajstić information content (AvgIpc) is 2.46. The third-order valence-electron chi connectivity index (χ3n) is 2.02. The Balaban J connectivity index is 2.49. The summed E-state index contributed by atoms with van der Waals surface area (Å²) in [6.07, 6.45) is 0.383. The number of ether oxygens (including phenoxy) is 1. The van der Waals surface area contributed by atoms with Gasteiger partial charge in [0.05, 0.1) is 6.61 Å². The lowest BCUT2D eigenvalue weighted by atomic mass is 10.1. The number of hydrogen-bond acceptors (Lipinski definition) is 3. The zero-order chi connectivity index (χ0) is 8.55. The lowest BCUT2D eigenvalue weighted by Gasteiger charge is -2.01. The molecule has 2 rings (SSSR count). The molecular weight excluding hydrogens is 154 g/mol. The number of nitrogen functional groups attached to an aromatic ring is 1. The summed E-state index contributed by atoms with van der Waals surface area (Å²) >= 11 is 0. The number of anilines is 1. The minimum absolute atomic E-state index is 0.413. The average molecular weight is 163 g/mol. The van der Waals surface area contributed by atoms with Crippen LogP contribution in [0.2, 0.25) is 0 Å². The molecule has 0 aliphatic carbocycles. The van der Waals surface area contributed by atoms with Crippen molar-refractivity contribution in [3.05, 3.63) is 29.3 Å². The van der Waals surface area contributed by atoms with Crippen LogP contribution >= 0.6 is 0 Å². The number of fused-ring (bicyclic) bond motifs is 1. The highest BCUT2D eigenvalue weighted by Gasteiger charge is 2.22. The highest BCUT2D eigenvalue weighted by molar-refractivity contribution is 5.64. The smallest absolute Gasteiger partial charge is 0.153 e. The largest absolute Gasteiger partial charge is 0.399 e. The highest BCUT2D eigenvalue weighted by Crippen LogP contribution is 2.30. The minimum Gasteiger partial charge on any atom is -0.399 e. The molecule has 0 radical (unpaired) electrons. The van der Waals surface area contributed by atoms with Gasteiger partial charge in [-0.2, -0.15) is 0 Å². The molecule has 1 aromatic carbocycles. The Morgan fingerprint density at radius 3 is 3.17 bits per heavy atom. The standard InChI is InChI=1S/C9H9NO2/c10-7-2-1-6-5-12-9(4-11)8(6)3-7/h1-4,9H,5,10H2. The quantitative estimate of drug-likeness (QED) is 0.497. The lowest BCUT2D eigenvalue weighted by molar-refractivity contribution is -0.117. The maximum Gasteiger partial charge on any atom is 0.153 e. The van der Waals surface area contributed by atoms with Crippen LogP contribution in [0.4, 0.5) is 5.69 Å². The summed E-state index contributed by atoms with van der Waals surface area (Å²) < 4.78 is 5.20. The Kier molecular flexibility index (Phi) is 1.59. The van der Waals surface area contributed by atoms with E-state index < -0.39 is 6.10 Å². The number of benzene rings is 1. The predicted molar refractivity (Wildman–Crippen MR) is 44.4 cm³/mol. The van der Waals surface area contributed by atoms with Gasteiger partial charge in [-0.05, 0) is 23.3 Å². The summed E-state index contributed by atoms with van der Waals surface area (Å²) in [7, 11) is 0. The van der Waals surface area contributed by atoms with Crippen LogP contribution in [0.15, 0.2) is 18.2 Å². The van der Waals surface area contributed by atoms with E-state index in [0.29, 0.717) is 12.3 Å². The van der Waals surface area contributed by atoms with Crippen LogP contribution in [0.25, 0.3) is 0 Å². The van der Waals surface area contributed by atoms with Gasteiger partial charge in [0.25, 0.3) is 0 Å². The predicted octanol–water partition coefficient (Wildman–Crippen LogP) is 1.04. The van der Waals surface area contributed by atoms with E-state index in [1.54, 1.807) is 6.07 Å². The van der Waals surface area contributed by atoms with Crippen LogP contribution in [0.5, 0.6) is 0 Å².